The molecule has 0 radical (unpaired) electrons. The van der Waals surface area contributed by atoms with Gasteiger partial charge in [0.05, 0.1) is 0 Å². The van der Waals surface area contributed by atoms with Crippen molar-refractivity contribution in [2.24, 2.45) is 11.8 Å². The lowest BCUT2D eigenvalue weighted by molar-refractivity contribution is 0.0499. The van der Waals surface area contributed by atoms with Crippen LogP contribution in [0.3, 0.4) is 0 Å². The number of carbonyl (C=O) groups excluding carboxylic acids is 1. The summed E-state index contributed by atoms with van der Waals surface area (Å²) >= 11 is 0. The van der Waals surface area contributed by atoms with E-state index in [1.54, 1.807) is 0 Å². The van der Waals surface area contributed by atoms with E-state index in [0.29, 0.717) is 30.5 Å². The first-order valence-corrected chi connectivity index (χ1v) is 9.16. The van der Waals surface area contributed by atoms with Gasteiger partial charge < -0.3 is 20.1 Å². The van der Waals surface area contributed by atoms with E-state index in [4.69, 9.17) is 9.47 Å². The zero-order valence-corrected chi connectivity index (χ0v) is 15.2. The monoisotopic (exact) mass is 326 g/mol. The Morgan fingerprint density at radius 3 is 2.57 bits per heavy atom. The molecule has 1 saturated heterocycles. The molecule has 1 aliphatic carbocycles. The average molecular weight is 326 g/mol. The Bertz CT molecular complexity index is 375. The summed E-state index contributed by atoms with van der Waals surface area (Å²) in [6.45, 7) is 10.5. The normalized spacial score (nSPS) is 27.7. The minimum atomic E-state index is -0.436. The molecule has 0 aromatic rings. The molecule has 2 rings (SSSR count). The molecular formula is C18H34N2O3. The topological polar surface area (TPSA) is 59.6 Å². The molecule has 5 heteroatoms. The summed E-state index contributed by atoms with van der Waals surface area (Å²) < 4.78 is 10.8. The van der Waals surface area contributed by atoms with E-state index >= 15 is 0 Å². The first-order chi connectivity index (χ1) is 10.8. The van der Waals surface area contributed by atoms with Gasteiger partial charge in [-0.1, -0.05) is 6.42 Å². The van der Waals surface area contributed by atoms with Gasteiger partial charge in [-0.2, -0.15) is 0 Å². The third-order valence-electron chi connectivity index (χ3n) is 5.02. The van der Waals surface area contributed by atoms with Crippen molar-refractivity contribution < 1.29 is 14.3 Å². The van der Waals surface area contributed by atoms with Crippen molar-refractivity contribution in [2.75, 3.05) is 19.8 Å². The minimum Gasteiger partial charge on any atom is -0.444 e. The maximum Gasteiger partial charge on any atom is 0.407 e. The first kappa shape index (κ1) is 18.5. The Kier molecular flexibility index (Phi) is 6.72. The molecule has 2 fully saturated rings. The molecule has 1 amide bonds. The van der Waals surface area contributed by atoms with Crippen LogP contribution >= 0.6 is 0 Å². The van der Waals surface area contributed by atoms with E-state index < -0.39 is 5.60 Å². The second-order valence-electron chi connectivity index (χ2n) is 8.09. The zero-order chi connectivity index (χ0) is 16.9. The molecule has 23 heavy (non-hydrogen) atoms. The van der Waals surface area contributed by atoms with Crippen LogP contribution in [0.5, 0.6) is 0 Å². The second kappa shape index (κ2) is 8.34. The Balaban J connectivity index is 1.75. The summed E-state index contributed by atoms with van der Waals surface area (Å²) in [4.78, 5) is 11.8. The van der Waals surface area contributed by atoms with Crippen LogP contribution in [0, 0.1) is 11.8 Å². The van der Waals surface area contributed by atoms with Gasteiger partial charge >= 0.3 is 6.09 Å². The van der Waals surface area contributed by atoms with Gasteiger partial charge in [-0.25, -0.2) is 4.79 Å². The number of carbonyl (C=O) groups is 1. The maximum absolute atomic E-state index is 11.8. The Morgan fingerprint density at radius 2 is 1.91 bits per heavy atom. The van der Waals surface area contributed by atoms with Gasteiger partial charge in [0, 0.05) is 31.8 Å². The van der Waals surface area contributed by atoms with Crippen molar-refractivity contribution in [3.63, 3.8) is 0 Å². The number of ether oxygens (including phenoxy) is 2. The molecule has 134 valence electrons. The Morgan fingerprint density at radius 1 is 1.22 bits per heavy atom. The van der Waals surface area contributed by atoms with Crippen molar-refractivity contribution >= 4 is 6.09 Å². The highest BCUT2D eigenvalue weighted by atomic mass is 16.6. The molecule has 5 nitrogen and oxygen atoms in total. The highest BCUT2D eigenvalue weighted by Crippen LogP contribution is 2.27. The number of hydrogen-bond donors (Lipinski definition) is 2. The van der Waals surface area contributed by atoms with Gasteiger partial charge in [-0.3, -0.25) is 0 Å². The molecule has 0 aromatic carbocycles. The standard InChI is InChI=1S/C18H34N2O3/c1-13(14-8-10-22-11-9-14)20-16-7-5-6-15(16)12-19-17(21)23-18(2,3)4/h13-16,20H,5-12H2,1-4H3,(H,19,21)/t13-,15-,16-/m1/s1. The number of alkyl carbamates (subject to hydrolysis) is 1. The fourth-order valence-electron chi connectivity index (χ4n) is 3.72. The fourth-order valence-corrected chi connectivity index (χ4v) is 3.72. The molecule has 0 bridgehead atoms. The lowest BCUT2D eigenvalue weighted by Gasteiger charge is -2.32. The van der Waals surface area contributed by atoms with Crippen LogP contribution in [0.4, 0.5) is 4.79 Å². The third kappa shape index (κ3) is 6.30. The van der Waals surface area contributed by atoms with E-state index in [0.717, 1.165) is 26.1 Å². The summed E-state index contributed by atoms with van der Waals surface area (Å²) in [5.41, 5.74) is -0.436. The maximum atomic E-state index is 11.8. The lowest BCUT2D eigenvalue weighted by Crippen LogP contribution is -2.47. The number of nitrogens with one attached hydrogen (secondary N) is 2. The van der Waals surface area contributed by atoms with E-state index in [1.807, 2.05) is 20.8 Å². The van der Waals surface area contributed by atoms with Crippen LogP contribution in [0.1, 0.15) is 59.8 Å². The Hall–Kier alpha value is -0.810. The van der Waals surface area contributed by atoms with Crippen LogP contribution in [0.25, 0.3) is 0 Å². The zero-order valence-electron chi connectivity index (χ0n) is 15.2. The molecule has 1 heterocycles. The SMILES string of the molecule is C[C@@H](N[C@@H]1CCC[C@@H]1CNC(=O)OC(C)(C)C)C1CCOCC1. The molecule has 0 unspecified atom stereocenters. The number of amides is 1. The van der Waals surface area contributed by atoms with E-state index in [2.05, 4.69) is 17.6 Å². The molecule has 0 aromatic heterocycles. The number of rotatable bonds is 5. The van der Waals surface area contributed by atoms with Crippen LogP contribution in [0.2, 0.25) is 0 Å². The minimum absolute atomic E-state index is 0.305. The molecule has 2 aliphatic rings. The number of hydrogen-bond acceptors (Lipinski definition) is 4. The van der Waals surface area contributed by atoms with Gasteiger partial charge in [0.1, 0.15) is 5.60 Å². The predicted octanol–water partition coefficient (Wildman–Crippen LogP) is 3.08. The van der Waals surface area contributed by atoms with E-state index in [-0.39, 0.29) is 6.09 Å². The quantitative estimate of drug-likeness (QED) is 0.815. The predicted molar refractivity (Wildman–Crippen MR) is 91.5 cm³/mol. The summed E-state index contributed by atoms with van der Waals surface area (Å²) in [5, 5.41) is 6.77. The second-order valence-corrected chi connectivity index (χ2v) is 8.09. The smallest absolute Gasteiger partial charge is 0.407 e. The first-order valence-electron chi connectivity index (χ1n) is 9.16. The van der Waals surface area contributed by atoms with E-state index in [1.165, 1.54) is 19.3 Å². The third-order valence-corrected chi connectivity index (χ3v) is 5.02. The van der Waals surface area contributed by atoms with Crippen LogP contribution < -0.4 is 10.6 Å². The van der Waals surface area contributed by atoms with Crippen LogP contribution in [-0.2, 0) is 9.47 Å². The van der Waals surface area contributed by atoms with Crippen molar-refractivity contribution in [1.82, 2.24) is 10.6 Å². The van der Waals surface area contributed by atoms with Crippen molar-refractivity contribution in [2.45, 2.75) is 77.5 Å². The largest absolute Gasteiger partial charge is 0.444 e. The van der Waals surface area contributed by atoms with Gasteiger partial charge in [0.15, 0.2) is 0 Å². The highest BCUT2D eigenvalue weighted by molar-refractivity contribution is 5.67. The van der Waals surface area contributed by atoms with Crippen molar-refractivity contribution in [3.8, 4) is 0 Å². The molecule has 0 spiro atoms. The average Bonchev–Trinajstić information content (AvgIpc) is 2.91. The van der Waals surface area contributed by atoms with Gasteiger partial charge in [-0.05, 0) is 65.2 Å². The van der Waals surface area contributed by atoms with Crippen LogP contribution in [0.15, 0.2) is 0 Å². The summed E-state index contributed by atoms with van der Waals surface area (Å²) in [7, 11) is 0. The highest BCUT2D eigenvalue weighted by Gasteiger charge is 2.31. The molecule has 1 saturated carbocycles. The van der Waals surface area contributed by atoms with Crippen LogP contribution in [-0.4, -0.2) is 43.5 Å². The van der Waals surface area contributed by atoms with Gasteiger partial charge in [0.2, 0.25) is 0 Å². The van der Waals surface area contributed by atoms with Crippen molar-refractivity contribution in [1.29, 1.82) is 0 Å². The van der Waals surface area contributed by atoms with Crippen molar-refractivity contribution in [3.05, 3.63) is 0 Å². The Labute approximate surface area is 140 Å². The fraction of sp³-hybridized carbons (Fsp3) is 0.944. The van der Waals surface area contributed by atoms with Gasteiger partial charge in [-0.15, -0.1) is 0 Å². The summed E-state index contributed by atoms with van der Waals surface area (Å²) in [6, 6.07) is 1.02. The molecule has 3 atom stereocenters. The summed E-state index contributed by atoms with van der Waals surface area (Å²) in [5.74, 6) is 1.22. The molecule has 1 aliphatic heterocycles. The van der Waals surface area contributed by atoms with E-state index in [9.17, 15) is 4.79 Å². The molecule has 2 N–H and O–H groups in total. The van der Waals surface area contributed by atoms with Gasteiger partial charge in [0.25, 0.3) is 0 Å². The molecular weight excluding hydrogens is 292 g/mol. The lowest BCUT2D eigenvalue weighted by atomic mass is 9.91. The summed E-state index contributed by atoms with van der Waals surface area (Å²) in [6.07, 6.45) is 5.62.